The molecule has 3 nitrogen and oxygen atoms in total. The average molecular weight is 376 g/mol. The molecule has 0 aliphatic rings. The largest absolute Gasteiger partial charge is 0.252 e. The summed E-state index contributed by atoms with van der Waals surface area (Å²) < 4.78 is 0. The molecule has 2 aromatic carbocycles. The molecule has 1 heterocycles. The molecule has 0 amide bonds. The topological polar surface area (TPSA) is 37.6 Å². The Morgan fingerprint density at radius 3 is 1.44 bits per heavy atom. The van der Waals surface area contributed by atoms with Crippen LogP contribution in [0.5, 0.6) is 0 Å². The van der Waals surface area contributed by atoms with E-state index in [1.54, 1.807) is 0 Å². The van der Waals surface area contributed by atoms with E-state index < -0.39 is 0 Å². The molecule has 0 saturated heterocycles. The van der Waals surface area contributed by atoms with Crippen LogP contribution in [0.25, 0.3) is 0 Å². The van der Waals surface area contributed by atoms with Crippen molar-refractivity contribution in [2.75, 3.05) is 0 Å². The van der Waals surface area contributed by atoms with Crippen molar-refractivity contribution in [1.82, 2.24) is 4.98 Å². The minimum Gasteiger partial charge on any atom is -0.252 e. The van der Waals surface area contributed by atoms with Gasteiger partial charge in [0.2, 0.25) is 0 Å². The van der Waals surface area contributed by atoms with Gasteiger partial charge in [-0.3, -0.25) is 9.98 Å². The number of halogens is 1. The van der Waals surface area contributed by atoms with Gasteiger partial charge in [-0.25, -0.2) is 4.98 Å². The first-order valence-corrected chi connectivity index (χ1v) is 9.21. The number of aryl methyl sites for hydroxylation is 2. The van der Waals surface area contributed by atoms with Gasteiger partial charge in [0.15, 0.2) is 0 Å². The smallest absolute Gasteiger partial charge is 0.0864 e. The third-order valence-corrected chi connectivity index (χ3v) is 4.41. The summed E-state index contributed by atoms with van der Waals surface area (Å²) in [7, 11) is 0. The average Bonchev–Trinajstić information content (AvgIpc) is 2.65. The van der Waals surface area contributed by atoms with Crippen molar-refractivity contribution in [3.8, 4) is 0 Å². The van der Waals surface area contributed by atoms with Gasteiger partial charge in [-0.05, 0) is 64.1 Å². The molecule has 4 heteroatoms. The number of benzene rings is 2. The summed E-state index contributed by atoms with van der Waals surface area (Å²) in [6.07, 6.45) is 0. The maximum absolute atomic E-state index is 6.34. The van der Waals surface area contributed by atoms with Crippen LogP contribution < -0.4 is 0 Å². The molecule has 0 N–H and O–H groups in total. The lowest BCUT2D eigenvalue weighted by molar-refractivity contribution is 1.24. The molecule has 3 aromatic rings. The van der Waals surface area contributed by atoms with Crippen LogP contribution in [0.3, 0.4) is 0 Å². The highest BCUT2D eigenvalue weighted by Crippen LogP contribution is 2.19. The molecule has 0 saturated carbocycles. The third kappa shape index (κ3) is 5.11. The number of aromatic nitrogens is 1. The van der Waals surface area contributed by atoms with Crippen LogP contribution in [-0.2, 0) is 0 Å². The van der Waals surface area contributed by atoms with Gasteiger partial charge >= 0.3 is 0 Å². The molecule has 0 unspecified atom stereocenters. The van der Waals surface area contributed by atoms with Crippen LogP contribution in [0.15, 0.2) is 70.6 Å². The highest BCUT2D eigenvalue weighted by Gasteiger charge is 2.08. The van der Waals surface area contributed by atoms with Gasteiger partial charge in [0.05, 0.1) is 34.2 Å². The normalized spacial score (nSPS) is 12.3. The minimum atomic E-state index is 0.618. The molecule has 0 bridgehead atoms. The van der Waals surface area contributed by atoms with E-state index >= 15 is 0 Å². The van der Waals surface area contributed by atoms with Gasteiger partial charge in [-0.1, -0.05) is 47.0 Å². The van der Waals surface area contributed by atoms with Crippen LogP contribution >= 0.6 is 11.6 Å². The highest BCUT2D eigenvalue weighted by molar-refractivity contribution is 6.31. The van der Waals surface area contributed by atoms with Crippen LogP contribution in [0.4, 0.5) is 11.4 Å². The zero-order chi connectivity index (χ0) is 19.4. The fourth-order valence-electron chi connectivity index (χ4n) is 2.61. The Balaban J connectivity index is 1.93. The van der Waals surface area contributed by atoms with Crippen LogP contribution in [0.2, 0.25) is 5.02 Å². The maximum atomic E-state index is 6.34. The summed E-state index contributed by atoms with van der Waals surface area (Å²) in [6.45, 7) is 7.99. The van der Waals surface area contributed by atoms with Gasteiger partial charge in [0, 0.05) is 5.02 Å². The Morgan fingerprint density at radius 1 is 0.704 bits per heavy atom. The molecular formula is C23H22ClN3. The second-order valence-corrected chi connectivity index (χ2v) is 7.06. The van der Waals surface area contributed by atoms with Crippen molar-refractivity contribution in [3.63, 3.8) is 0 Å². The molecule has 27 heavy (non-hydrogen) atoms. The monoisotopic (exact) mass is 375 g/mol. The molecule has 1 aromatic heterocycles. The Hall–Kier alpha value is -2.78. The number of hydrogen-bond donors (Lipinski definition) is 0. The Bertz CT molecular complexity index is 921. The van der Waals surface area contributed by atoms with Crippen molar-refractivity contribution in [1.29, 1.82) is 0 Å². The highest BCUT2D eigenvalue weighted by atomic mass is 35.5. The molecular weight excluding hydrogens is 354 g/mol. The van der Waals surface area contributed by atoms with E-state index in [4.69, 9.17) is 16.6 Å². The number of pyridine rings is 1. The predicted octanol–water partition coefficient (Wildman–Crippen LogP) is 6.63. The molecule has 0 fully saturated rings. The second kappa shape index (κ2) is 8.28. The van der Waals surface area contributed by atoms with Crippen molar-refractivity contribution in [2.45, 2.75) is 27.7 Å². The van der Waals surface area contributed by atoms with Crippen LogP contribution in [0, 0.1) is 13.8 Å². The van der Waals surface area contributed by atoms with Gasteiger partial charge in [0.1, 0.15) is 0 Å². The van der Waals surface area contributed by atoms with E-state index in [9.17, 15) is 0 Å². The summed E-state index contributed by atoms with van der Waals surface area (Å²) in [6, 6.07) is 19.8. The zero-order valence-electron chi connectivity index (χ0n) is 16.0. The van der Waals surface area contributed by atoms with Gasteiger partial charge in [-0.2, -0.15) is 0 Å². The molecule has 0 radical (unpaired) electrons. The number of hydrogen-bond acceptors (Lipinski definition) is 3. The molecule has 0 spiro atoms. The summed E-state index contributed by atoms with van der Waals surface area (Å²) in [5.74, 6) is 0. The van der Waals surface area contributed by atoms with Gasteiger partial charge in [-0.15, -0.1) is 0 Å². The predicted molar refractivity (Wildman–Crippen MR) is 115 cm³/mol. The lowest BCUT2D eigenvalue weighted by Crippen LogP contribution is -2.05. The molecule has 0 atom stereocenters. The first-order valence-electron chi connectivity index (χ1n) is 8.83. The minimum absolute atomic E-state index is 0.618. The Morgan fingerprint density at radius 2 is 1.07 bits per heavy atom. The zero-order valence-corrected chi connectivity index (χ0v) is 16.7. The number of nitrogens with zero attached hydrogens (tertiary/aromatic N) is 3. The maximum Gasteiger partial charge on any atom is 0.0864 e. The van der Waals surface area contributed by atoms with E-state index in [0.29, 0.717) is 5.02 Å². The standard InChI is InChI=1S/C23H22ClN3/c1-15-5-9-20(10-6-15)25-17(3)22-13-19(24)14-23(27-22)18(4)26-21-11-7-16(2)8-12-21/h5-14H,1-4H3. The lowest BCUT2D eigenvalue weighted by Gasteiger charge is -2.07. The molecule has 3 rings (SSSR count). The second-order valence-electron chi connectivity index (χ2n) is 6.62. The first kappa shape index (κ1) is 19.0. The van der Waals surface area contributed by atoms with Crippen LogP contribution in [0.1, 0.15) is 36.4 Å². The SMILES string of the molecule is CC(=Nc1ccc(C)cc1)c1cc(Cl)cc(C(C)=Nc2ccc(C)cc2)n1. The van der Waals surface area contributed by atoms with Gasteiger partial charge < -0.3 is 0 Å². The number of rotatable bonds is 4. The lowest BCUT2D eigenvalue weighted by atomic mass is 10.2. The van der Waals surface area contributed by atoms with E-state index in [2.05, 4.69) is 23.8 Å². The summed E-state index contributed by atoms with van der Waals surface area (Å²) in [5, 5.41) is 0.618. The van der Waals surface area contributed by atoms with E-state index in [1.807, 2.05) is 74.5 Å². The molecule has 0 aliphatic heterocycles. The van der Waals surface area contributed by atoms with E-state index in [1.165, 1.54) is 11.1 Å². The van der Waals surface area contributed by atoms with E-state index in [-0.39, 0.29) is 0 Å². The summed E-state index contributed by atoms with van der Waals surface area (Å²) in [5.41, 5.74) is 7.32. The fourth-order valence-corrected chi connectivity index (χ4v) is 2.82. The van der Waals surface area contributed by atoms with Crippen molar-refractivity contribution >= 4 is 34.4 Å². The first-order chi connectivity index (χ1) is 12.9. The van der Waals surface area contributed by atoms with Crippen molar-refractivity contribution < 1.29 is 0 Å². The summed E-state index contributed by atoms with van der Waals surface area (Å²) in [4.78, 5) is 14.0. The third-order valence-electron chi connectivity index (χ3n) is 4.19. The molecule has 0 aliphatic carbocycles. The Kier molecular flexibility index (Phi) is 5.82. The van der Waals surface area contributed by atoms with Crippen molar-refractivity contribution in [3.05, 3.63) is 88.2 Å². The van der Waals surface area contributed by atoms with E-state index in [0.717, 1.165) is 34.2 Å². The van der Waals surface area contributed by atoms with Gasteiger partial charge in [0.25, 0.3) is 0 Å². The molecule has 136 valence electrons. The number of aliphatic imine (C=N–C) groups is 2. The van der Waals surface area contributed by atoms with Crippen molar-refractivity contribution in [2.24, 2.45) is 9.98 Å². The Labute approximate surface area is 165 Å². The fraction of sp³-hybridized carbons (Fsp3) is 0.174. The summed E-state index contributed by atoms with van der Waals surface area (Å²) >= 11 is 6.34. The quantitative estimate of drug-likeness (QED) is 0.471. The van der Waals surface area contributed by atoms with Crippen LogP contribution in [-0.4, -0.2) is 16.4 Å².